The number of fused-ring (bicyclic) bond motifs is 1. The molecule has 0 saturated heterocycles. The summed E-state index contributed by atoms with van der Waals surface area (Å²) in [6.07, 6.45) is 8.94. The van der Waals surface area contributed by atoms with Gasteiger partial charge in [-0.15, -0.1) is 0 Å². The van der Waals surface area contributed by atoms with Gasteiger partial charge >= 0.3 is 0 Å². The SMILES string of the molecule is NC(=O)CCCC(=O)NCc1cc2n(n1)CCCN(C1CCCCC1)C2. The lowest BCUT2D eigenvalue weighted by Gasteiger charge is -2.33. The standard InChI is InChI=1S/C19H31N5O2/c20-18(25)8-4-9-19(26)21-13-15-12-17-14-23(10-5-11-24(17)22-15)16-6-2-1-3-7-16/h12,16H,1-11,13-14H2,(H2,20,25)(H,21,26). The fourth-order valence-electron chi connectivity index (χ4n) is 4.09. The Morgan fingerprint density at radius 2 is 1.96 bits per heavy atom. The molecule has 1 aromatic rings. The molecule has 1 aliphatic heterocycles. The Kier molecular flexibility index (Phi) is 6.66. The first-order valence-corrected chi connectivity index (χ1v) is 9.96. The number of amides is 2. The lowest BCUT2D eigenvalue weighted by Crippen LogP contribution is -2.36. The van der Waals surface area contributed by atoms with Crippen LogP contribution in [0.2, 0.25) is 0 Å². The summed E-state index contributed by atoms with van der Waals surface area (Å²) in [6.45, 7) is 3.51. The van der Waals surface area contributed by atoms with E-state index in [0.717, 1.165) is 37.8 Å². The summed E-state index contributed by atoms with van der Waals surface area (Å²) in [4.78, 5) is 25.2. The van der Waals surface area contributed by atoms with Crippen molar-refractivity contribution in [3.8, 4) is 0 Å². The number of hydrogen-bond donors (Lipinski definition) is 2. The van der Waals surface area contributed by atoms with E-state index in [-0.39, 0.29) is 18.2 Å². The molecule has 2 heterocycles. The Morgan fingerprint density at radius 1 is 1.15 bits per heavy atom. The summed E-state index contributed by atoms with van der Waals surface area (Å²) < 4.78 is 2.11. The Balaban J connectivity index is 1.51. The summed E-state index contributed by atoms with van der Waals surface area (Å²) in [5.41, 5.74) is 7.26. The van der Waals surface area contributed by atoms with Gasteiger partial charge in [-0.1, -0.05) is 19.3 Å². The number of aryl methyl sites for hydroxylation is 1. The lowest BCUT2D eigenvalue weighted by atomic mass is 9.94. The van der Waals surface area contributed by atoms with Crippen LogP contribution in [0.3, 0.4) is 0 Å². The summed E-state index contributed by atoms with van der Waals surface area (Å²) in [6, 6.07) is 2.85. The molecule has 0 bridgehead atoms. The fraction of sp³-hybridized carbons (Fsp3) is 0.737. The molecule has 3 rings (SSSR count). The van der Waals surface area contributed by atoms with Crippen LogP contribution >= 0.6 is 0 Å². The van der Waals surface area contributed by atoms with Crippen LogP contribution in [0.15, 0.2) is 6.07 Å². The quantitative estimate of drug-likeness (QED) is 0.773. The highest BCUT2D eigenvalue weighted by atomic mass is 16.2. The third kappa shape index (κ3) is 5.30. The average molecular weight is 361 g/mol. The van der Waals surface area contributed by atoms with E-state index < -0.39 is 0 Å². The molecule has 0 atom stereocenters. The summed E-state index contributed by atoms with van der Waals surface area (Å²) in [5.74, 6) is -0.420. The first-order chi connectivity index (χ1) is 12.6. The number of hydrogen-bond acceptors (Lipinski definition) is 4. The van der Waals surface area contributed by atoms with Crippen molar-refractivity contribution >= 4 is 11.8 Å². The van der Waals surface area contributed by atoms with Gasteiger partial charge < -0.3 is 11.1 Å². The molecule has 1 aromatic heterocycles. The van der Waals surface area contributed by atoms with Crippen molar-refractivity contribution in [1.82, 2.24) is 20.0 Å². The Morgan fingerprint density at radius 3 is 2.73 bits per heavy atom. The first kappa shape index (κ1) is 18.9. The van der Waals surface area contributed by atoms with Crippen LogP contribution in [-0.2, 0) is 29.2 Å². The van der Waals surface area contributed by atoms with Crippen molar-refractivity contribution in [2.24, 2.45) is 5.73 Å². The molecule has 7 nitrogen and oxygen atoms in total. The van der Waals surface area contributed by atoms with Crippen molar-refractivity contribution in [3.05, 3.63) is 17.5 Å². The highest BCUT2D eigenvalue weighted by Crippen LogP contribution is 2.25. The minimum atomic E-state index is -0.363. The monoisotopic (exact) mass is 361 g/mol. The van der Waals surface area contributed by atoms with Crippen LogP contribution in [0.4, 0.5) is 0 Å². The molecule has 0 unspecified atom stereocenters. The van der Waals surface area contributed by atoms with Gasteiger partial charge in [0.1, 0.15) is 0 Å². The highest BCUT2D eigenvalue weighted by molar-refractivity contribution is 5.77. The molecular formula is C19H31N5O2. The number of nitrogens with zero attached hydrogens (tertiary/aromatic N) is 3. The van der Waals surface area contributed by atoms with E-state index in [9.17, 15) is 9.59 Å². The predicted octanol–water partition coefficient (Wildman–Crippen LogP) is 1.69. The van der Waals surface area contributed by atoms with Gasteiger partial charge in [-0.2, -0.15) is 5.10 Å². The van der Waals surface area contributed by atoms with Gasteiger partial charge in [0.15, 0.2) is 0 Å². The van der Waals surface area contributed by atoms with Crippen molar-refractivity contribution in [3.63, 3.8) is 0 Å². The molecule has 2 aliphatic rings. The lowest BCUT2D eigenvalue weighted by molar-refractivity contribution is -0.121. The number of primary amides is 1. The Hall–Kier alpha value is -1.89. The summed E-state index contributed by atoms with van der Waals surface area (Å²) in [5, 5.41) is 7.56. The van der Waals surface area contributed by atoms with Crippen LogP contribution in [0.1, 0.15) is 69.2 Å². The maximum Gasteiger partial charge on any atom is 0.220 e. The average Bonchev–Trinajstić information content (AvgIpc) is 2.90. The maximum atomic E-state index is 11.8. The largest absolute Gasteiger partial charge is 0.370 e. The minimum Gasteiger partial charge on any atom is -0.370 e. The van der Waals surface area contributed by atoms with Gasteiger partial charge in [0.2, 0.25) is 11.8 Å². The van der Waals surface area contributed by atoms with Crippen LogP contribution in [0, 0.1) is 0 Å². The number of carbonyl (C=O) groups is 2. The number of aromatic nitrogens is 2. The van der Waals surface area contributed by atoms with E-state index >= 15 is 0 Å². The zero-order valence-corrected chi connectivity index (χ0v) is 15.6. The smallest absolute Gasteiger partial charge is 0.220 e. The van der Waals surface area contributed by atoms with Gasteiger partial charge in [0.25, 0.3) is 0 Å². The first-order valence-electron chi connectivity index (χ1n) is 9.96. The molecular weight excluding hydrogens is 330 g/mol. The van der Waals surface area contributed by atoms with Gasteiger partial charge in [-0.3, -0.25) is 19.2 Å². The van der Waals surface area contributed by atoms with E-state index in [2.05, 4.69) is 26.1 Å². The topological polar surface area (TPSA) is 93.2 Å². The maximum absolute atomic E-state index is 11.8. The van der Waals surface area contributed by atoms with Crippen LogP contribution in [0.5, 0.6) is 0 Å². The second-order valence-electron chi connectivity index (χ2n) is 7.56. The zero-order valence-electron chi connectivity index (χ0n) is 15.6. The van der Waals surface area contributed by atoms with Gasteiger partial charge in [-0.25, -0.2) is 0 Å². The summed E-state index contributed by atoms with van der Waals surface area (Å²) >= 11 is 0. The minimum absolute atomic E-state index is 0.0572. The molecule has 7 heteroatoms. The zero-order chi connectivity index (χ0) is 18.4. The Labute approximate surface area is 155 Å². The van der Waals surface area contributed by atoms with Crippen molar-refractivity contribution < 1.29 is 9.59 Å². The van der Waals surface area contributed by atoms with Crippen molar-refractivity contribution in [1.29, 1.82) is 0 Å². The van der Waals surface area contributed by atoms with Crippen LogP contribution in [-0.4, -0.2) is 39.1 Å². The third-order valence-electron chi connectivity index (χ3n) is 5.48. The van der Waals surface area contributed by atoms with Gasteiger partial charge in [-0.05, 0) is 31.7 Å². The predicted molar refractivity (Wildman–Crippen MR) is 99.0 cm³/mol. The van der Waals surface area contributed by atoms with E-state index in [4.69, 9.17) is 5.73 Å². The normalized spacial score (nSPS) is 18.9. The Bertz CT molecular complexity index is 621. The molecule has 1 aliphatic carbocycles. The van der Waals surface area contributed by atoms with Crippen molar-refractivity contribution in [2.75, 3.05) is 6.54 Å². The highest BCUT2D eigenvalue weighted by Gasteiger charge is 2.24. The van der Waals surface area contributed by atoms with E-state index in [0.29, 0.717) is 19.4 Å². The van der Waals surface area contributed by atoms with E-state index in [1.54, 1.807) is 0 Å². The number of rotatable bonds is 7. The molecule has 3 N–H and O–H groups in total. The molecule has 26 heavy (non-hydrogen) atoms. The van der Waals surface area contributed by atoms with Crippen molar-refractivity contribution in [2.45, 2.75) is 83.5 Å². The number of nitrogens with one attached hydrogen (secondary N) is 1. The molecule has 0 radical (unpaired) electrons. The molecule has 0 aromatic carbocycles. The molecule has 1 fully saturated rings. The molecule has 144 valence electrons. The number of carbonyl (C=O) groups excluding carboxylic acids is 2. The molecule has 2 amide bonds. The second kappa shape index (κ2) is 9.16. The summed E-state index contributed by atoms with van der Waals surface area (Å²) in [7, 11) is 0. The number of nitrogens with two attached hydrogens (primary N) is 1. The van der Waals surface area contributed by atoms with E-state index in [1.165, 1.54) is 37.8 Å². The van der Waals surface area contributed by atoms with Gasteiger partial charge in [0.05, 0.1) is 17.9 Å². The van der Waals surface area contributed by atoms with Crippen LogP contribution in [0.25, 0.3) is 0 Å². The van der Waals surface area contributed by atoms with Crippen LogP contribution < -0.4 is 11.1 Å². The third-order valence-corrected chi connectivity index (χ3v) is 5.48. The van der Waals surface area contributed by atoms with Gasteiger partial charge in [0, 0.05) is 38.5 Å². The van der Waals surface area contributed by atoms with E-state index in [1.807, 2.05) is 0 Å². The molecule has 1 saturated carbocycles. The fourth-order valence-corrected chi connectivity index (χ4v) is 4.09. The second-order valence-corrected chi connectivity index (χ2v) is 7.56. The molecule has 0 spiro atoms.